The molecule has 140 valence electrons. The Morgan fingerprint density at radius 2 is 1.77 bits per heavy atom. The van der Waals surface area contributed by atoms with Crippen molar-refractivity contribution in [2.75, 3.05) is 22.5 Å². The lowest BCUT2D eigenvalue weighted by atomic mass is 10.2. The first-order valence-electron chi connectivity index (χ1n) is 8.32. The van der Waals surface area contributed by atoms with E-state index >= 15 is 0 Å². The van der Waals surface area contributed by atoms with E-state index in [4.69, 9.17) is 4.74 Å². The first kappa shape index (κ1) is 19.8. The molecule has 0 spiro atoms. The second kappa shape index (κ2) is 8.23. The molecule has 0 fully saturated rings. The Labute approximate surface area is 154 Å². The highest BCUT2D eigenvalue weighted by atomic mass is 32.2. The van der Waals surface area contributed by atoms with Crippen molar-refractivity contribution in [2.24, 2.45) is 0 Å². The molecular formula is C19H24N2O4S. The lowest BCUT2D eigenvalue weighted by Crippen LogP contribution is -2.45. The average Bonchev–Trinajstić information content (AvgIpc) is 2.57. The number of hydrogen-bond acceptors (Lipinski definition) is 4. The van der Waals surface area contributed by atoms with Crippen LogP contribution in [0.25, 0.3) is 0 Å². The van der Waals surface area contributed by atoms with Gasteiger partial charge in [-0.05, 0) is 56.7 Å². The van der Waals surface area contributed by atoms with Crippen LogP contribution in [0.1, 0.15) is 19.4 Å². The van der Waals surface area contributed by atoms with Gasteiger partial charge in [0.1, 0.15) is 11.8 Å². The average molecular weight is 376 g/mol. The summed E-state index contributed by atoms with van der Waals surface area (Å²) in [7, 11) is -3.66. The number of ether oxygens (including phenoxy) is 1. The van der Waals surface area contributed by atoms with Crippen molar-refractivity contribution in [1.29, 1.82) is 0 Å². The molecular weight excluding hydrogens is 352 g/mol. The molecule has 0 heterocycles. The van der Waals surface area contributed by atoms with Crippen LogP contribution in [0.5, 0.6) is 5.75 Å². The number of sulfonamides is 1. The van der Waals surface area contributed by atoms with E-state index in [2.05, 4.69) is 5.32 Å². The minimum atomic E-state index is -3.66. The van der Waals surface area contributed by atoms with Crippen molar-refractivity contribution in [2.45, 2.75) is 26.8 Å². The van der Waals surface area contributed by atoms with E-state index in [-0.39, 0.29) is 0 Å². The molecule has 0 aliphatic heterocycles. The minimum Gasteiger partial charge on any atom is -0.494 e. The number of anilines is 2. The van der Waals surface area contributed by atoms with Gasteiger partial charge in [-0.15, -0.1) is 0 Å². The summed E-state index contributed by atoms with van der Waals surface area (Å²) in [5.74, 6) is 0.236. The largest absolute Gasteiger partial charge is 0.494 e. The van der Waals surface area contributed by atoms with Crippen LogP contribution in [0, 0.1) is 6.92 Å². The summed E-state index contributed by atoms with van der Waals surface area (Å²) >= 11 is 0. The minimum absolute atomic E-state index is 0.404. The van der Waals surface area contributed by atoms with Gasteiger partial charge in [0.25, 0.3) is 0 Å². The first-order valence-corrected chi connectivity index (χ1v) is 10.2. The molecule has 0 aliphatic rings. The van der Waals surface area contributed by atoms with Gasteiger partial charge < -0.3 is 10.1 Å². The van der Waals surface area contributed by atoms with Crippen LogP contribution in [0.15, 0.2) is 48.5 Å². The molecule has 0 aliphatic carbocycles. The Kier molecular flexibility index (Phi) is 6.26. The number of nitrogens with one attached hydrogen (secondary N) is 1. The summed E-state index contributed by atoms with van der Waals surface area (Å²) in [5.41, 5.74) is 1.97. The van der Waals surface area contributed by atoms with Gasteiger partial charge in [0.05, 0.1) is 18.6 Å². The summed E-state index contributed by atoms with van der Waals surface area (Å²) in [5, 5.41) is 2.79. The third-order valence-corrected chi connectivity index (χ3v) is 5.14. The van der Waals surface area contributed by atoms with Gasteiger partial charge in [0, 0.05) is 5.69 Å². The van der Waals surface area contributed by atoms with Crippen LogP contribution in [-0.2, 0) is 14.8 Å². The van der Waals surface area contributed by atoms with Gasteiger partial charge in [-0.2, -0.15) is 0 Å². The van der Waals surface area contributed by atoms with Gasteiger partial charge in [-0.25, -0.2) is 8.42 Å². The molecule has 1 unspecified atom stereocenters. The third kappa shape index (κ3) is 4.76. The number of nitrogens with zero attached hydrogens (tertiary/aromatic N) is 1. The molecule has 0 radical (unpaired) electrons. The SMILES string of the molecule is CCOc1ccc(N(C(C)C(=O)Nc2ccccc2C)S(C)(=O)=O)cc1. The lowest BCUT2D eigenvalue weighted by Gasteiger charge is -2.28. The van der Waals surface area contributed by atoms with E-state index in [1.54, 1.807) is 37.3 Å². The van der Waals surface area contributed by atoms with Gasteiger partial charge >= 0.3 is 0 Å². The Morgan fingerprint density at radius 3 is 2.31 bits per heavy atom. The molecule has 2 aromatic rings. The van der Waals surface area contributed by atoms with Crippen LogP contribution >= 0.6 is 0 Å². The molecule has 2 aromatic carbocycles. The monoisotopic (exact) mass is 376 g/mol. The number of para-hydroxylation sites is 1. The second-order valence-electron chi connectivity index (χ2n) is 5.97. The maximum atomic E-state index is 12.7. The van der Waals surface area contributed by atoms with Crippen molar-refractivity contribution in [1.82, 2.24) is 0 Å². The number of aryl methyl sites for hydroxylation is 1. The topological polar surface area (TPSA) is 75.7 Å². The van der Waals surface area contributed by atoms with Gasteiger partial charge in [0.15, 0.2) is 0 Å². The molecule has 1 atom stereocenters. The second-order valence-corrected chi connectivity index (χ2v) is 7.83. The van der Waals surface area contributed by atoms with Crippen LogP contribution in [-0.4, -0.2) is 33.2 Å². The van der Waals surface area contributed by atoms with Gasteiger partial charge in [0.2, 0.25) is 15.9 Å². The molecule has 26 heavy (non-hydrogen) atoms. The number of benzene rings is 2. The number of carbonyl (C=O) groups is 1. The maximum Gasteiger partial charge on any atom is 0.248 e. The van der Waals surface area contributed by atoms with Crippen LogP contribution in [0.2, 0.25) is 0 Å². The fourth-order valence-corrected chi connectivity index (χ4v) is 3.79. The molecule has 7 heteroatoms. The first-order chi connectivity index (χ1) is 12.2. The number of rotatable bonds is 7. The molecule has 1 amide bonds. The molecule has 0 aromatic heterocycles. The molecule has 0 saturated carbocycles. The quantitative estimate of drug-likeness (QED) is 0.805. The van der Waals surface area contributed by atoms with Crippen molar-refractivity contribution in [3.8, 4) is 5.75 Å². The van der Waals surface area contributed by atoms with E-state index in [9.17, 15) is 13.2 Å². The maximum absolute atomic E-state index is 12.7. The standard InChI is InChI=1S/C19H24N2O4S/c1-5-25-17-12-10-16(11-13-17)21(26(4,23)24)15(3)19(22)20-18-9-7-6-8-14(18)2/h6-13,15H,5H2,1-4H3,(H,20,22). The normalized spacial score (nSPS) is 12.3. The zero-order valence-corrected chi connectivity index (χ0v) is 16.2. The number of amides is 1. The number of hydrogen-bond donors (Lipinski definition) is 1. The Hall–Kier alpha value is -2.54. The summed E-state index contributed by atoms with van der Waals surface area (Å²) < 4.78 is 31.1. The van der Waals surface area contributed by atoms with E-state index < -0.39 is 22.0 Å². The fourth-order valence-electron chi connectivity index (χ4n) is 2.62. The summed E-state index contributed by atoms with van der Waals surface area (Å²) in [4.78, 5) is 12.7. The van der Waals surface area contributed by atoms with Gasteiger partial charge in [-0.3, -0.25) is 9.10 Å². The van der Waals surface area contributed by atoms with Crippen LogP contribution in [0.3, 0.4) is 0 Å². The van der Waals surface area contributed by atoms with E-state index in [0.29, 0.717) is 23.7 Å². The van der Waals surface area contributed by atoms with Crippen molar-refractivity contribution in [3.63, 3.8) is 0 Å². The Balaban J connectivity index is 2.28. The smallest absolute Gasteiger partial charge is 0.248 e. The summed E-state index contributed by atoms with van der Waals surface area (Å²) in [6, 6.07) is 13.1. The molecule has 0 bridgehead atoms. The van der Waals surface area contributed by atoms with Gasteiger partial charge in [-0.1, -0.05) is 18.2 Å². The molecule has 1 N–H and O–H groups in total. The summed E-state index contributed by atoms with van der Waals surface area (Å²) in [6.45, 7) is 5.82. The molecule has 2 rings (SSSR count). The van der Waals surface area contributed by atoms with Crippen molar-refractivity contribution in [3.05, 3.63) is 54.1 Å². The highest BCUT2D eigenvalue weighted by Crippen LogP contribution is 2.25. The molecule has 6 nitrogen and oxygen atoms in total. The zero-order chi connectivity index (χ0) is 19.3. The predicted molar refractivity (Wildman–Crippen MR) is 104 cm³/mol. The zero-order valence-electron chi connectivity index (χ0n) is 15.4. The Morgan fingerprint density at radius 1 is 1.15 bits per heavy atom. The molecule has 0 saturated heterocycles. The summed E-state index contributed by atoms with van der Waals surface area (Å²) in [6.07, 6.45) is 1.08. The Bertz CT molecular complexity index is 863. The van der Waals surface area contributed by atoms with Crippen molar-refractivity contribution < 1.29 is 17.9 Å². The lowest BCUT2D eigenvalue weighted by molar-refractivity contribution is -0.116. The highest BCUT2D eigenvalue weighted by molar-refractivity contribution is 7.92. The van der Waals surface area contributed by atoms with E-state index in [1.807, 2.05) is 32.0 Å². The predicted octanol–water partition coefficient (Wildman–Crippen LogP) is 3.19. The third-order valence-electron chi connectivity index (χ3n) is 3.89. The van der Waals surface area contributed by atoms with E-state index in [1.165, 1.54) is 0 Å². The van der Waals surface area contributed by atoms with Crippen LogP contribution in [0.4, 0.5) is 11.4 Å². The van der Waals surface area contributed by atoms with E-state index in [0.717, 1.165) is 16.1 Å². The number of carbonyl (C=O) groups excluding carboxylic acids is 1. The van der Waals surface area contributed by atoms with Crippen molar-refractivity contribution >= 4 is 27.3 Å². The highest BCUT2D eigenvalue weighted by Gasteiger charge is 2.29. The van der Waals surface area contributed by atoms with Crippen LogP contribution < -0.4 is 14.4 Å². The fraction of sp³-hybridized carbons (Fsp3) is 0.316.